The van der Waals surface area contributed by atoms with Gasteiger partial charge in [0.25, 0.3) is 0 Å². The van der Waals surface area contributed by atoms with Crippen molar-refractivity contribution in [2.45, 2.75) is 39.7 Å². The lowest BCUT2D eigenvalue weighted by Gasteiger charge is -2.08. The van der Waals surface area contributed by atoms with E-state index in [0.29, 0.717) is 25.4 Å². The fourth-order valence-corrected chi connectivity index (χ4v) is 1.81. The van der Waals surface area contributed by atoms with Gasteiger partial charge < -0.3 is 11.1 Å². The van der Waals surface area contributed by atoms with Crippen molar-refractivity contribution in [2.24, 2.45) is 18.7 Å². The van der Waals surface area contributed by atoms with Crippen LogP contribution in [0.1, 0.15) is 37.9 Å². The van der Waals surface area contributed by atoms with Gasteiger partial charge in [-0.1, -0.05) is 13.8 Å². The topological polar surface area (TPSA) is 72.9 Å². The van der Waals surface area contributed by atoms with Gasteiger partial charge in [-0.3, -0.25) is 9.48 Å². The van der Waals surface area contributed by atoms with Gasteiger partial charge >= 0.3 is 0 Å². The van der Waals surface area contributed by atoms with Crippen LogP contribution in [0.15, 0.2) is 6.20 Å². The molecule has 0 spiro atoms. The number of nitrogens with two attached hydrogens (primary N) is 1. The minimum absolute atomic E-state index is 0.0845. The monoisotopic (exact) mass is 252 g/mol. The number of aromatic nitrogens is 2. The fourth-order valence-electron chi connectivity index (χ4n) is 1.81. The first-order chi connectivity index (χ1) is 8.56. The third-order valence-corrected chi connectivity index (χ3v) is 3.07. The average molecular weight is 252 g/mol. The lowest BCUT2D eigenvalue weighted by atomic mass is 10.1. The molecule has 1 rings (SSSR count). The number of aryl methyl sites for hydroxylation is 2. The predicted octanol–water partition coefficient (Wildman–Crippen LogP) is 0.974. The highest BCUT2D eigenvalue weighted by atomic mass is 16.1. The highest BCUT2D eigenvalue weighted by Gasteiger charge is 2.08. The van der Waals surface area contributed by atoms with Crippen molar-refractivity contribution in [1.29, 1.82) is 0 Å². The second kappa shape index (κ2) is 7.16. The van der Waals surface area contributed by atoms with Crippen LogP contribution in [0.5, 0.6) is 0 Å². The van der Waals surface area contributed by atoms with Crippen molar-refractivity contribution in [1.82, 2.24) is 15.1 Å². The maximum absolute atomic E-state index is 11.7. The Morgan fingerprint density at radius 3 is 2.94 bits per heavy atom. The van der Waals surface area contributed by atoms with Crippen molar-refractivity contribution in [3.05, 3.63) is 17.5 Å². The molecule has 0 bridgehead atoms. The summed E-state index contributed by atoms with van der Waals surface area (Å²) in [6.07, 6.45) is 4.23. The number of hydrogen-bond donors (Lipinski definition) is 2. The Kier molecular flexibility index (Phi) is 5.85. The number of nitrogens with zero attached hydrogens (tertiary/aromatic N) is 2. The first-order valence-electron chi connectivity index (χ1n) is 6.55. The molecule has 1 aromatic rings. The van der Waals surface area contributed by atoms with Crippen LogP contribution in [-0.2, 0) is 24.8 Å². The molecule has 1 aromatic heterocycles. The third kappa shape index (κ3) is 4.49. The van der Waals surface area contributed by atoms with Gasteiger partial charge in [0.15, 0.2) is 0 Å². The van der Waals surface area contributed by atoms with Crippen molar-refractivity contribution >= 4 is 5.91 Å². The lowest BCUT2D eigenvalue weighted by molar-refractivity contribution is -0.121. The summed E-state index contributed by atoms with van der Waals surface area (Å²) < 4.78 is 1.79. The summed E-state index contributed by atoms with van der Waals surface area (Å²) in [5, 5.41) is 7.28. The number of amides is 1. The van der Waals surface area contributed by atoms with Crippen molar-refractivity contribution in [3.8, 4) is 0 Å². The number of carbonyl (C=O) groups is 1. The van der Waals surface area contributed by atoms with E-state index in [1.807, 2.05) is 13.2 Å². The summed E-state index contributed by atoms with van der Waals surface area (Å²) in [5.41, 5.74) is 7.67. The molecule has 0 saturated heterocycles. The molecule has 0 aliphatic rings. The van der Waals surface area contributed by atoms with Crippen molar-refractivity contribution in [2.75, 3.05) is 6.54 Å². The standard InChI is InChI=1S/C13H24N4O/c1-4-12-11(9-17(3)16-12)8-15-13(18)6-5-10(2)7-14/h9-10H,4-8,14H2,1-3H3,(H,15,18). The van der Waals surface area contributed by atoms with Crippen LogP contribution in [0.4, 0.5) is 0 Å². The van der Waals surface area contributed by atoms with E-state index in [2.05, 4.69) is 24.3 Å². The van der Waals surface area contributed by atoms with Gasteiger partial charge in [0, 0.05) is 31.8 Å². The molecule has 5 nitrogen and oxygen atoms in total. The molecule has 1 heterocycles. The maximum Gasteiger partial charge on any atom is 0.220 e. The van der Waals surface area contributed by atoms with Gasteiger partial charge in [-0.05, 0) is 25.3 Å². The molecule has 5 heteroatoms. The number of carbonyl (C=O) groups excluding carboxylic acids is 1. The van der Waals surface area contributed by atoms with Crippen molar-refractivity contribution in [3.63, 3.8) is 0 Å². The van der Waals surface area contributed by atoms with Gasteiger partial charge in [-0.2, -0.15) is 5.10 Å². The molecular weight excluding hydrogens is 228 g/mol. The summed E-state index contributed by atoms with van der Waals surface area (Å²) in [7, 11) is 1.90. The molecule has 0 aromatic carbocycles. The van der Waals surface area contributed by atoms with Gasteiger partial charge in [0.05, 0.1) is 5.69 Å². The molecule has 0 aliphatic carbocycles. The van der Waals surface area contributed by atoms with Gasteiger partial charge in [0.1, 0.15) is 0 Å². The second-order valence-corrected chi connectivity index (χ2v) is 4.78. The van der Waals surface area contributed by atoms with E-state index in [1.165, 1.54) is 0 Å². The molecule has 18 heavy (non-hydrogen) atoms. The van der Waals surface area contributed by atoms with Crippen molar-refractivity contribution < 1.29 is 4.79 Å². The minimum Gasteiger partial charge on any atom is -0.352 e. The van der Waals surface area contributed by atoms with Gasteiger partial charge in [0.2, 0.25) is 5.91 Å². The molecule has 1 atom stereocenters. The molecular formula is C13H24N4O. The van der Waals surface area contributed by atoms with E-state index in [9.17, 15) is 4.79 Å². The van der Waals surface area contributed by atoms with E-state index in [1.54, 1.807) is 4.68 Å². The summed E-state index contributed by atoms with van der Waals surface area (Å²) in [5.74, 6) is 0.488. The highest BCUT2D eigenvalue weighted by Crippen LogP contribution is 2.07. The Hall–Kier alpha value is -1.36. The van der Waals surface area contributed by atoms with E-state index >= 15 is 0 Å². The van der Waals surface area contributed by atoms with Crippen LogP contribution in [0.3, 0.4) is 0 Å². The summed E-state index contributed by atoms with van der Waals surface area (Å²) in [6.45, 7) is 5.32. The van der Waals surface area contributed by atoms with E-state index in [-0.39, 0.29) is 5.91 Å². The van der Waals surface area contributed by atoms with Crippen LogP contribution in [0.2, 0.25) is 0 Å². The molecule has 1 amide bonds. The first kappa shape index (κ1) is 14.7. The maximum atomic E-state index is 11.7. The predicted molar refractivity (Wildman–Crippen MR) is 71.9 cm³/mol. The summed E-state index contributed by atoms with van der Waals surface area (Å²) in [6, 6.07) is 0. The largest absolute Gasteiger partial charge is 0.352 e. The Labute approximate surface area is 109 Å². The molecule has 0 saturated carbocycles. The fraction of sp³-hybridized carbons (Fsp3) is 0.692. The molecule has 0 aliphatic heterocycles. The Morgan fingerprint density at radius 2 is 2.33 bits per heavy atom. The van der Waals surface area contributed by atoms with Gasteiger partial charge in [-0.25, -0.2) is 0 Å². The van der Waals surface area contributed by atoms with E-state index < -0.39 is 0 Å². The van der Waals surface area contributed by atoms with Crippen LogP contribution < -0.4 is 11.1 Å². The van der Waals surface area contributed by atoms with Crippen LogP contribution in [0.25, 0.3) is 0 Å². The molecule has 102 valence electrons. The third-order valence-electron chi connectivity index (χ3n) is 3.07. The van der Waals surface area contributed by atoms with Crippen LogP contribution in [0, 0.1) is 5.92 Å². The Balaban J connectivity index is 2.37. The zero-order valence-electron chi connectivity index (χ0n) is 11.6. The van der Waals surface area contributed by atoms with Crippen LogP contribution in [-0.4, -0.2) is 22.2 Å². The molecule has 0 fully saturated rings. The van der Waals surface area contributed by atoms with Gasteiger partial charge in [-0.15, -0.1) is 0 Å². The number of rotatable bonds is 7. The Bertz CT molecular complexity index is 386. The minimum atomic E-state index is 0.0845. The number of nitrogens with one attached hydrogen (secondary N) is 1. The molecule has 3 N–H and O–H groups in total. The Morgan fingerprint density at radius 1 is 1.61 bits per heavy atom. The highest BCUT2D eigenvalue weighted by molar-refractivity contribution is 5.75. The SMILES string of the molecule is CCc1nn(C)cc1CNC(=O)CCC(C)CN. The average Bonchev–Trinajstić information content (AvgIpc) is 2.73. The normalized spacial score (nSPS) is 12.4. The van der Waals surface area contributed by atoms with E-state index in [0.717, 1.165) is 24.1 Å². The molecule has 0 radical (unpaired) electrons. The lowest BCUT2D eigenvalue weighted by Crippen LogP contribution is -2.24. The first-order valence-corrected chi connectivity index (χ1v) is 6.55. The van der Waals surface area contributed by atoms with Crippen LogP contribution >= 0.6 is 0 Å². The molecule has 1 unspecified atom stereocenters. The number of hydrogen-bond acceptors (Lipinski definition) is 3. The zero-order chi connectivity index (χ0) is 13.5. The smallest absolute Gasteiger partial charge is 0.220 e. The summed E-state index contributed by atoms with van der Waals surface area (Å²) >= 11 is 0. The quantitative estimate of drug-likeness (QED) is 0.759. The second-order valence-electron chi connectivity index (χ2n) is 4.78. The summed E-state index contributed by atoms with van der Waals surface area (Å²) in [4.78, 5) is 11.7. The zero-order valence-corrected chi connectivity index (χ0v) is 11.6. The van der Waals surface area contributed by atoms with E-state index in [4.69, 9.17) is 5.73 Å².